The van der Waals surface area contributed by atoms with Crippen LogP contribution in [0.2, 0.25) is 0 Å². The lowest BCUT2D eigenvalue weighted by Gasteiger charge is -2.36. The van der Waals surface area contributed by atoms with Crippen LogP contribution >= 0.6 is 22.7 Å². The fourth-order valence-corrected chi connectivity index (χ4v) is 5.68. The molecule has 0 aliphatic carbocycles. The van der Waals surface area contributed by atoms with Crippen LogP contribution in [0, 0.1) is 0 Å². The van der Waals surface area contributed by atoms with Gasteiger partial charge in [0.05, 0.1) is 18.8 Å². The van der Waals surface area contributed by atoms with Gasteiger partial charge in [0, 0.05) is 53.8 Å². The van der Waals surface area contributed by atoms with Gasteiger partial charge in [-0.2, -0.15) is 0 Å². The van der Waals surface area contributed by atoms with Crippen molar-refractivity contribution in [2.75, 3.05) is 38.2 Å². The van der Waals surface area contributed by atoms with E-state index in [9.17, 15) is 9.59 Å². The number of amides is 1. The van der Waals surface area contributed by atoms with Crippen molar-refractivity contribution in [3.8, 4) is 16.2 Å². The Balaban J connectivity index is 1.30. The Labute approximate surface area is 193 Å². The van der Waals surface area contributed by atoms with E-state index in [1.54, 1.807) is 18.4 Å². The van der Waals surface area contributed by atoms with Crippen LogP contribution in [0.3, 0.4) is 0 Å². The van der Waals surface area contributed by atoms with Gasteiger partial charge in [-0.05, 0) is 23.6 Å². The van der Waals surface area contributed by atoms with Crippen molar-refractivity contribution in [3.63, 3.8) is 0 Å². The monoisotopic (exact) mass is 466 g/mol. The number of hydrogen-bond acceptors (Lipinski definition) is 7. The summed E-state index contributed by atoms with van der Waals surface area (Å²) in [7, 11) is 1.66. The standard InChI is InChI=1S/C23H22N4O3S2/c1-30-17-5-2-4-16(12-17)25-7-9-26(10-8-25)20(28)13-27-15-24-22-21(23(27)29)18(14-32-22)19-6-3-11-31-19/h2-6,11-12,14-15H,7-10,13H2,1H3. The summed E-state index contributed by atoms with van der Waals surface area (Å²) in [5.74, 6) is 0.755. The van der Waals surface area contributed by atoms with Gasteiger partial charge >= 0.3 is 0 Å². The Morgan fingerprint density at radius 3 is 2.72 bits per heavy atom. The van der Waals surface area contributed by atoms with E-state index in [0.29, 0.717) is 23.3 Å². The smallest absolute Gasteiger partial charge is 0.263 e. The van der Waals surface area contributed by atoms with Gasteiger partial charge in [0.1, 0.15) is 17.1 Å². The SMILES string of the molecule is COc1cccc(N2CCN(C(=O)Cn3cnc4scc(-c5cccs5)c4c3=O)CC2)c1. The quantitative estimate of drug-likeness (QED) is 0.450. The zero-order valence-corrected chi connectivity index (χ0v) is 19.2. The van der Waals surface area contributed by atoms with E-state index in [-0.39, 0.29) is 18.0 Å². The minimum atomic E-state index is -0.164. The van der Waals surface area contributed by atoms with Crippen molar-refractivity contribution in [2.45, 2.75) is 6.54 Å². The molecule has 9 heteroatoms. The summed E-state index contributed by atoms with van der Waals surface area (Å²) in [5, 5.41) is 4.55. The molecule has 32 heavy (non-hydrogen) atoms. The van der Waals surface area contributed by atoms with E-state index in [0.717, 1.165) is 35.0 Å². The Morgan fingerprint density at radius 2 is 1.97 bits per heavy atom. The third-order valence-electron chi connectivity index (χ3n) is 5.70. The van der Waals surface area contributed by atoms with Crippen molar-refractivity contribution in [2.24, 2.45) is 0 Å². The average molecular weight is 467 g/mol. The lowest BCUT2D eigenvalue weighted by atomic mass is 10.2. The summed E-state index contributed by atoms with van der Waals surface area (Å²) in [6, 6.07) is 11.9. The number of ether oxygens (including phenoxy) is 1. The zero-order chi connectivity index (χ0) is 22.1. The van der Waals surface area contributed by atoms with Crippen LogP contribution in [-0.2, 0) is 11.3 Å². The van der Waals surface area contributed by atoms with E-state index < -0.39 is 0 Å². The Morgan fingerprint density at radius 1 is 1.12 bits per heavy atom. The van der Waals surface area contributed by atoms with Gasteiger partial charge in [-0.1, -0.05) is 12.1 Å². The number of carbonyl (C=O) groups is 1. The highest BCUT2D eigenvalue weighted by molar-refractivity contribution is 7.18. The molecule has 4 aromatic rings. The third-order valence-corrected chi connectivity index (χ3v) is 7.49. The van der Waals surface area contributed by atoms with E-state index in [1.165, 1.54) is 22.2 Å². The number of methoxy groups -OCH3 is 1. The number of anilines is 1. The molecule has 1 saturated heterocycles. The van der Waals surface area contributed by atoms with Gasteiger partial charge in [0.2, 0.25) is 5.91 Å². The second-order valence-electron chi connectivity index (χ2n) is 7.55. The summed E-state index contributed by atoms with van der Waals surface area (Å²) in [6.07, 6.45) is 1.49. The summed E-state index contributed by atoms with van der Waals surface area (Å²) in [5.41, 5.74) is 1.81. The van der Waals surface area contributed by atoms with Gasteiger partial charge < -0.3 is 14.5 Å². The number of carbonyl (C=O) groups excluding carboxylic acids is 1. The molecule has 0 atom stereocenters. The first kappa shape index (κ1) is 20.7. The maximum Gasteiger partial charge on any atom is 0.263 e. The Hall–Kier alpha value is -3.17. The molecule has 1 amide bonds. The van der Waals surface area contributed by atoms with E-state index in [4.69, 9.17) is 4.74 Å². The summed E-state index contributed by atoms with van der Waals surface area (Å²) >= 11 is 3.05. The summed E-state index contributed by atoms with van der Waals surface area (Å²) < 4.78 is 6.74. The van der Waals surface area contributed by atoms with Gasteiger partial charge in [-0.15, -0.1) is 22.7 Å². The minimum absolute atomic E-state index is 0.000655. The molecule has 1 aliphatic rings. The van der Waals surface area contributed by atoms with Crippen molar-refractivity contribution >= 4 is 44.5 Å². The highest BCUT2D eigenvalue weighted by Gasteiger charge is 2.23. The maximum absolute atomic E-state index is 13.2. The molecule has 3 aromatic heterocycles. The van der Waals surface area contributed by atoms with Crippen LogP contribution in [0.4, 0.5) is 5.69 Å². The fourth-order valence-electron chi connectivity index (χ4n) is 3.96. The molecule has 0 unspecified atom stereocenters. The molecule has 0 saturated carbocycles. The molecule has 164 valence electrons. The third kappa shape index (κ3) is 3.89. The first-order valence-corrected chi connectivity index (χ1v) is 12.1. The van der Waals surface area contributed by atoms with Crippen LogP contribution < -0.4 is 15.2 Å². The van der Waals surface area contributed by atoms with Crippen LogP contribution in [0.1, 0.15) is 0 Å². The minimum Gasteiger partial charge on any atom is -0.497 e. The summed E-state index contributed by atoms with van der Waals surface area (Å²) in [6.45, 7) is 2.69. The number of piperazine rings is 1. The predicted molar refractivity (Wildman–Crippen MR) is 129 cm³/mol. The Kier molecular flexibility index (Phi) is 5.67. The molecular formula is C23H22N4O3S2. The first-order chi connectivity index (χ1) is 15.6. The van der Waals surface area contributed by atoms with Crippen molar-refractivity contribution in [1.82, 2.24) is 14.5 Å². The molecule has 0 spiro atoms. The number of fused-ring (bicyclic) bond motifs is 1. The topological polar surface area (TPSA) is 67.7 Å². The number of benzene rings is 1. The fraction of sp³-hybridized carbons (Fsp3) is 0.261. The van der Waals surface area contributed by atoms with Crippen LogP contribution in [0.25, 0.3) is 20.7 Å². The van der Waals surface area contributed by atoms with Crippen molar-refractivity contribution in [1.29, 1.82) is 0 Å². The van der Waals surface area contributed by atoms with E-state index >= 15 is 0 Å². The molecule has 1 aliphatic heterocycles. The highest BCUT2D eigenvalue weighted by atomic mass is 32.1. The Bertz CT molecular complexity index is 1300. The van der Waals surface area contributed by atoms with Gasteiger partial charge in [0.15, 0.2) is 0 Å². The average Bonchev–Trinajstić information content (AvgIpc) is 3.51. The molecule has 1 fully saturated rings. The summed E-state index contributed by atoms with van der Waals surface area (Å²) in [4.78, 5) is 36.4. The second-order valence-corrected chi connectivity index (χ2v) is 9.36. The van der Waals surface area contributed by atoms with Crippen LogP contribution in [0.15, 0.2) is 58.3 Å². The predicted octanol–water partition coefficient (Wildman–Crippen LogP) is 3.54. The van der Waals surface area contributed by atoms with Crippen molar-refractivity contribution in [3.05, 3.63) is 63.8 Å². The maximum atomic E-state index is 13.2. The molecule has 4 heterocycles. The van der Waals surface area contributed by atoms with Crippen LogP contribution in [-0.4, -0.2) is 53.6 Å². The molecule has 7 nitrogen and oxygen atoms in total. The lowest BCUT2D eigenvalue weighted by Crippen LogP contribution is -2.50. The number of thiophene rings is 2. The van der Waals surface area contributed by atoms with E-state index in [2.05, 4.69) is 9.88 Å². The lowest BCUT2D eigenvalue weighted by molar-refractivity contribution is -0.132. The molecular weight excluding hydrogens is 444 g/mol. The van der Waals surface area contributed by atoms with Gasteiger partial charge in [-0.3, -0.25) is 14.2 Å². The first-order valence-electron chi connectivity index (χ1n) is 10.3. The largest absolute Gasteiger partial charge is 0.497 e. The number of rotatable bonds is 5. The van der Waals surface area contributed by atoms with Gasteiger partial charge in [0.25, 0.3) is 5.56 Å². The molecule has 5 rings (SSSR count). The normalized spacial score (nSPS) is 14.2. The van der Waals surface area contributed by atoms with Crippen LogP contribution in [0.5, 0.6) is 5.75 Å². The van der Waals surface area contributed by atoms with Crippen molar-refractivity contribution < 1.29 is 9.53 Å². The number of hydrogen-bond donors (Lipinski definition) is 0. The molecule has 0 radical (unpaired) electrons. The zero-order valence-electron chi connectivity index (χ0n) is 17.6. The number of nitrogens with zero attached hydrogens (tertiary/aromatic N) is 4. The van der Waals surface area contributed by atoms with Gasteiger partial charge in [-0.25, -0.2) is 4.98 Å². The highest BCUT2D eigenvalue weighted by Crippen LogP contribution is 2.33. The van der Waals surface area contributed by atoms with E-state index in [1.807, 2.05) is 52.1 Å². The molecule has 0 bridgehead atoms. The molecule has 1 aromatic carbocycles. The number of aromatic nitrogens is 2. The second kappa shape index (κ2) is 8.76. The molecule has 0 N–H and O–H groups in total.